The van der Waals surface area contributed by atoms with Gasteiger partial charge in [-0.15, -0.1) is 0 Å². The number of hydrogen-bond donors (Lipinski definition) is 2. The fraction of sp³-hybridized carbons (Fsp3) is 0.385. The Morgan fingerprint density at radius 1 is 1.25 bits per heavy atom. The van der Waals surface area contributed by atoms with E-state index in [1.165, 1.54) is 0 Å². The topological polar surface area (TPSA) is 93.9 Å². The molecule has 7 nitrogen and oxygen atoms in total. The molecular weight excluding hydrogens is 262 g/mol. The molecule has 1 aromatic rings. The smallest absolute Gasteiger partial charge is 0.240 e. The average Bonchev–Trinajstić information content (AvgIpc) is 2.37. The molecule has 2 aliphatic rings. The number of rotatable bonds is 2. The molecular formula is C13H15N3O4. The Kier molecular flexibility index (Phi) is 3.29. The van der Waals surface area contributed by atoms with Crippen molar-refractivity contribution in [3.8, 4) is 5.75 Å². The van der Waals surface area contributed by atoms with Crippen molar-refractivity contribution in [3.05, 3.63) is 23.3 Å². The molecule has 0 atom stereocenters. The van der Waals surface area contributed by atoms with Crippen molar-refractivity contribution in [2.24, 2.45) is 0 Å². The molecule has 1 saturated heterocycles. The fourth-order valence-electron chi connectivity index (χ4n) is 2.49. The van der Waals surface area contributed by atoms with E-state index in [9.17, 15) is 9.59 Å². The van der Waals surface area contributed by atoms with Crippen LogP contribution in [0.15, 0.2) is 12.1 Å². The number of benzene rings is 1. The third-order valence-electron chi connectivity index (χ3n) is 3.22. The Bertz CT molecular complexity index is 557. The molecule has 1 aromatic carbocycles. The maximum atomic E-state index is 11.4. The highest BCUT2D eigenvalue weighted by Crippen LogP contribution is 2.31. The summed E-state index contributed by atoms with van der Waals surface area (Å²) in [6.07, 6.45) is 0. The lowest BCUT2D eigenvalue weighted by molar-refractivity contribution is -0.136. The average molecular weight is 277 g/mol. The number of nitrogen functional groups attached to an aromatic ring is 1. The maximum Gasteiger partial charge on any atom is 0.240 e. The van der Waals surface area contributed by atoms with Gasteiger partial charge in [0.15, 0.2) is 6.79 Å². The first-order chi connectivity index (χ1) is 9.61. The fourth-order valence-corrected chi connectivity index (χ4v) is 2.49. The van der Waals surface area contributed by atoms with Gasteiger partial charge >= 0.3 is 0 Å². The Morgan fingerprint density at radius 2 is 2.00 bits per heavy atom. The lowest BCUT2D eigenvalue weighted by Crippen LogP contribution is -2.50. The van der Waals surface area contributed by atoms with Gasteiger partial charge in [-0.05, 0) is 12.1 Å². The molecule has 2 aliphatic heterocycles. The Labute approximate surface area is 115 Å². The third kappa shape index (κ3) is 2.59. The first-order valence-corrected chi connectivity index (χ1v) is 6.28. The monoisotopic (exact) mass is 277 g/mol. The number of imide groups is 1. The van der Waals surface area contributed by atoms with Crippen LogP contribution in [0.3, 0.4) is 0 Å². The van der Waals surface area contributed by atoms with Crippen LogP contribution in [0.1, 0.15) is 11.1 Å². The summed E-state index contributed by atoms with van der Waals surface area (Å²) in [7, 11) is 0. The summed E-state index contributed by atoms with van der Waals surface area (Å²) in [6, 6.07) is 3.62. The minimum absolute atomic E-state index is 0.186. The van der Waals surface area contributed by atoms with E-state index in [0.29, 0.717) is 18.8 Å². The van der Waals surface area contributed by atoms with E-state index >= 15 is 0 Å². The van der Waals surface area contributed by atoms with Gasteiger partial charge in [0.2, 0.25) is 11.8 Å². The normalized spacial score (nSPS) is 19.2. The van der Waals surface area contributed by atoms with E-state index in [1.54, 1.807) is 11.0 Å². The van der Waals surface area contributed by atoms with Crippen molar-refractivity contribution in [2.75, 3.05) is 25.6 Å². The molecule has 0 unspecified atom stereocenters. The van der Waals surface area contributed by atoms with Crippen molar-refractivity contribution < 1.29 is 19.1 Å². The quantitative estimate of drug-likeness (QED) is 0.564. The molecule has 3 rings (SSSR count). The van der Waals surface area contributed by atoms with Crippen LogP contribution in [-0.2, 0) is 27.5 Å². The summed E-state index contributed by atoms with van der Waals surface area (Å²) < 4.78 is 10.7. The van der Waals surface area contributed by atoms with E-state index in [1.807, 2.05) is 6.07 Å². The number of fused-ring (bicyclic) bond motifs is 1. The van der Waals surface area contributed by atoms with Crippen LogP contribution in [0.25, 0.3) is 0 Å². The van der Waals surface area contributed by atoms with E-state index in [4.69, 9.17) is 15.2 Å². The SMILES string of the molecule is Nc1cc2c(c(CN3CC(=O)NC(=O)C3)c1)OCOC2. The number of nitrogens with two attached hydrogens (primary N) is 1. The second-order valence-corrected chi connectivity index (χ2v) is 4.90. The summed E-state index contributed by atoms with van der Waals surface area (Å²) in [4.78, 5) is 24.5. The van der Waals surface area contributed by atoms with E-state index in [2.05, 4.69) is 5.32 Å². The van der Waals surface area contributed by atoms with Crippen LogP contribution in [0.2, 0.25) is 0 Å². The molecule has 2 heterocycles. The van der Waals surface area contributed by atoms with Crippen molar-refractivity contribution in [1.29, 1.82) is 0 Å². The molecule has 3 N–H and O–H groups in total. The standard InChI is InChI=1S/C13H15N3O4/c14-10-1-8(13-9(2-10)6-19-7-20-13)3-16-4-11(17)15-12(18)5-16/h1-2H,3-7,14H2,(H,15,17,18). The van der Waals surface area contributed by atoms with Crippen LogP contribution >= 0.6 is 0 Å². The number of hydrogen-bond acceptors (Lipinski definition) is 6. The predicted octanol–water partition coefficient (Wildman–Crippen LogP) is -0.406. The van der Waals surface area contributed by atoms with Crippen molar-refractivity contribution in [3.63, 3.8) is 0 Å². The zero-order valence-electron chi connectivity index (χ0n) is 10.8. The highest BCUT2D eigenvalue weighted by Gasteiger charge is 2.24. The maximum absolute atomic E-state index is 11.4. The van der Waals surface area contributed by atoms with Gasteiger partial charge in [0.05, 0.1) is 19.7 Å². The molecule has 0 spiro atoms. The zero-order valence-corrected chi connectivity index (χ0v) is 10.8. The summed E-state index contributed by atoms with van der Waals surface area (Å²) in [6.45, 7) is 1.46. The molecule has 0 saturated carbocycles. The van der Waals surface area contributed by atoms with Gasteiger partial charge < -0.3 is 15.2 Å². The first kappa shape index (κ1) is 12.9. The molecule has 0 aromatic heterocycles. The van der Waals surface area contributed by atoms with E-state index in [-0.39, 0.29) is 31.7 Å². The molecule has 1 fully saturated rings. The minimum Gasteiger partial charge on any atom is -0.467 e. The van der Waals surface area contributed by atoms with E-state index in [0.717, 1.165) is 16.9 Å². The highest BCUT2D eigenvalue weighted by atomic mass is 16.7. The highest BCUT2D eigenvalue weighted by molar-refractivity contribution is 5.99. The first-order valence-electron chi connectivity index (χ1n) is 6.28. The third-order valence-corrected chi connectivity index (χ3v) is 3.22. The van der Waals surface area contributed by atoms with Crippen LogP contribution in [0.4, 0.5) is 5.69 Å². The summed E-state index contributed by atoms with van der Waals surface area (Å²) in [5.74, 6) is 0.162. The molecule has 0 aliphatic carbocycles. The van der Waals surface area contributed by atoms with Crippen molar-refractivity contribution in [1.82, 2.24) is 10.2 Å². The van der Waals surface area contributed by atoms with Gasteiger partial charge in [0.1, 0.15) is 5.75 Å². The minimum atomic E-state index is -0.289. The van der Waals surface area contributed by atoms with Crippen LogP contribution < -0.4 is 15.8 Å². The lowest BCUT2D eigenvalue weighted by Gasteiger charge is -2.27. The van der Waals surface area contributed by atoms with E-state index < -0.39 is 0 Å². The molecule has 106 valence electrons. The molecule has 2 amide bonds. The van der Waals surface area contributed by atoms with Gasteiger partial charge in [0.25, 0.3) is 0 Å². The van der Waals surface area contributed by atoms with Crippen LogP contribution in [-0.4, -0.2) is 36.6 Å². The molecule has 7 heteroatoms. The number of amides is 2. The van der Waals surface area contributed by atoms with Crippen molar-refractivity contribution >= 4 is 17.5 Å². The Morgan fingerprint density at radius 3 is 2.75 bits per heavy atom. The number of nitrogens with one attached hydrogen (secondary N) is 1. The number of ether oxygens (including phenoxy) is 2. The van der Waals surface area contributed by atoms with Gasteiger partial charge in [-0.1, -0.05) is 0 Å². The second kappa shape index (κ2) is 5.10. The van der Waals surface area contributed by atoms with Crippen molar-refractivity contribution in [2.45, 2.75) is 13.2 Å². The van der Waals surface area contributed by atoms with Gasteiger partial charge in [0, 0.05) is 23.4 Å². The summed E-state index contributed by atoms with van der Waals surface area (Å²) in [5, 5.41) is 2.27. The number of carbonyl (C=O) groups is 2. The van der Waals surface area contributed by atoms with Gasteiger partial charge in [-0.3, -0.25) is 19.8 Å². The van der Waals surface area contributed by atoms with Crippen LogP contribution in [0, 0.1) is 0 Å². The number of anilines is 1. The predicted molar refractivity (Wildman–Crippen MR) is 69.6 cm³/mol. The number of nitrogens with zero attached hydrogens (tertiary/aromatic N) is 1. The largest absolute Gasteiger partial charge is 0.467 e. The van der Waals surface area contributed by atoms with Gasteiger partial charge in [-0.2, -0.15) is 0 Å². The summed E-state index contributed by atoms with van der Waals surface area (Å²) >= 11 is 0. The number of piperazine rings is 1. The molecule has 20 heavy (non-hydrogen) atoms. The Hall–Kier alpha value is -2.12. The zero-order chi connectivity index (χ0) is 14.1. The summed E-state index contributed by atoms with van der Waals surface area (Å²) in [5.41, 5.74) is 8.23. The lowest BCUT2D eigenvalue weighted by atomic mass is 10.1. The van der Waals surface area contributed by atoms with Crippen LogP contribution in [0.5, 0.6) is 5.75 Å². The number of carbonyl (C=O) groups excluding carboxylic acids is 2. The second-order valence-electron chi connectivity index (χ2n) is 4.90. The molecule has 0 bridgehead atoms. The Balaban J connectivity index is 1.85. The van der Waals surface area contributed by atoms with Gasteiger partial charge in [-0.25, -0.2) is 0 Å². The molecule has 0 radical (unpaired) electrons.